The number of halogens is 1. The first-order valence-electron chi connectivity index (χ1n) is 6.29. The van der Waals surface area contributed by atoms with Crippen molar-refractivity contribution in [2.24, 2.45) is 0 Å². The maximum atomic E-state index is 11.3. The number of hydrogen-bond donors (Lipinski definition) is 1. The van der Waals surface area contributed by atoms with Gasteiger partial charge in [0.1, 0.15) is 11.5 Å². The van der Waals surface area contributed by atoms with E-state index in [9.17, 15) is 4.79 Å². The molecule has 0 saturated heterocycles. The van der Waals surface area contributed by atoms with E-state index in [1.54, 1.807) is 18.2 Å². The lowest BCUT2D eigenvalue weighted by atomic mass is 10.1. The number of carbonyl (C=O) groups excluding carboxylic acids is 1. The predicted molar refractivity (Wildman–Crippen MR) is 78.8 cm³/mol. The summed E-state index contributed by atoms with van der Waals surface area (Å²) < 4.78 is 5.77. The third-order valence-corrected chi connectivity index (χ3v) is 3.21. The van der Waals surface area contributed by atoms with Crippen LogP contribution in [0.25, 0.3) is 0 Å². The minimum absolute atomic E-state index is 0.0599. The Hall–Kier alpha value is -1.84. The standard InChI is InChI=1S/C16H15ClO3/c1-11(19)14-7-6-13(10-15(14)17)20-16-5-3-2-4-12(16)8-9-18/h2-7,10,18H,8-9H2,1H3. The molecule has 4 heteroatoms. The number of Topliss-reactive ketones (excluding diaryl/α,β-unsaturated/α-hetero) is 1. The van der Waals surface area contributed by atoms with Crippen LogP contribution < -0.4 is 4.74 Å². The number of rotatable bonds is 5. The second-order valence-corrected chi connectivity index (χ2v) is 4.79. The van der Waals surface area contributed by atoms with Crippen LogP contribution in [0.5, 0.6) is 11.5 Å². The van der Waals surface area contributed by atoms with Crippen molar-refractivity contribution in [3.8, 4) is 11.5 Å². The van der Waals surface area contributed by atoms with Crippen molar-refractivity contribution in [1.82, 2.24) is 0 Å². The molecule has 0 atom stereocenters. The Morgan fingerprint density at radius 3 is 2.65 bits per heavy atom. The van der Waals surface area contributed by atoms with E-state index in [1.807, 2.05) is 24.3 Å². The van der Waals surface area contributed by atoms with E-state index in [-0.39, 0.29) is 12.4 Å². The van der Waals surface area contributed by atoms with Crippen molar-refractivity contribution in [3.05, 3.63) is 58.6 Å². The van der Waals surface area contributed by atoms with Gasteiger partial charge in [-0.3, -0.25) is 4.79 Å². The number of ketones is 1. The molecule has 0 aliphatic heterocycles. The molecular formula is C16H15ClO3. The summed E-state index contributed by atoms with van der Waals surface area (Å²) in [6, 6.07) is 12.5. The van der Waals surface area contributed by atoms with E-state index in [0.717, 1.165) is 5.56 Å². The van der Waals surface area contributed by atoms with Gasteiger partial charge in [-0.2, -0.15) is 0 Å². The number of para-hydroxylation sites is 1. The number of benzene rings is 2. The third-order valence-electron chi connectivity index (χ3n) is 2.90. The first-order chi connectivity index (χ1) is 9.61. The number of carbonyl (C=O) groups is 1. The summed E-state index contributed by atoms with van der Waals surface area (Å²) in [6.45, 7) is 1.53. The van der Waals surface area contributed by atoms with Crippen LogP contribution in [0.15, 0.2) is 42.5 Å². The Labute approximate surface area is 122 Å². The highest BCUT2D eigenvalue weighted by atomic mass is 35.5. The monoisotopic (exact) mass is 290 g/mol. The van der Waals surface area contributed by atoms with Crippen molar-refractivity contribution < 1.29 is 14.6 Å². The number of ether oxygens (including phenoxy) is 1. The lowest BCUT2D eigenvalue weighted by Crippen LogP contribution is -1.96. The molecule has 0 bridgehead atoms. The molecular weight excluding hydrogens is 276 g/mol. The number of hydrogen-bond acceptors (Lipinski definition) is 3. The molecule has 0 radical (unpaired) electrons. The summed E-state index contributed by atoms with van der Waals surface area (Å²) in [7, 11) is 0. The van der Waals surface area contributed by atoms with Crippen LogP contribution in [-0.4, -0.2) is 17.5 Å². The van der Waals surface area contributed by atoms with E-state index in [0.29, 0.717) is 28.5 Å². The highest BCUT2D eigenvalue weighted by molar-refractivity contribution is 6.34. The van der Waals surface area contributed by atoms with E-state index in [2.05, 4.69) is 0 Å². The zero-order chi connectivity index (χ0) is 14.5. The molecule has 2 rings (SSSR count). The smallest absolute Gasteiger partial charge is 0.161 e. The Morgan fingerprint density at radius 1 is 1.25 bits per heavy atom. The van der Waals surface area contributed by atoms with Gasteiger partial charge in [-0.05, 0) is 37.1 Å². The lowest BCUT2D eigenvalue weighted by Gasteiger charge is -2.11. The van der Waals surface area contributed by atoms with Crippen LogP contribution >= 0.6 is 11.6 Å². The van der Waals surface area contributed by atoms with Gasteiger partial charge in [0.2, 0.25) is 0 Å². The fourth-order valence-corrected chi connectivity index (χ4v) is 2.21. The Bertz CT molecular complexity index is 623. The average molecular weight is 291 g/mol. The molecule has 0 unspecified atom stereocenters. The van der Waals surface area contributed by atoms with E-state index >= 15 is 0 Å². The summed E-state index contributed by atoms with van der Waals surface area (Å²) in [5.41, 5.74) is 1.39. The Morgan fingerprint density at radius 2 is 2.00 bits per heavy atom. The summed E-state index contributed by atoms with van der Waals surface area (Å²) >= 11 is 6.05. The Kier molecular flexibility index (Phi) is 4.77. The predicted octanol–water partition coefficient (Wildman–Crippen LogP) is 3.87. The van der Waals surface area contributed by atoms with Crippen LogP contribution in [0, 0.1) is 0 Å². The summed E-state index contributed by atoms with van der Waals surface area (Å²) in [5, 5.41) is 9.41. The van der Waals surface area contributed by atoms with Crippen molar-refractivity contribution in [3.63, 3.8) is 0 Å². The summed E-state index contributed by atoms with van der Waals surface area (Å²) in [6.07, 6.45) is 0.523. The number of aliphatic hydroxyl groups is 1. The molecule has 0 aliphatic carbocycles. The zero-order valence-electron chi connectivity index (χ0n) is 11.1. The third kappa shape index (κ3) is 3.38. The first kappa shape index (κ1) is 14.6. The molecule has 0 aromatic heterocycles. The first-order valence-corrected chi connectivity index (χ1v) is 6.66. The second-order valence-electron chi connectivity index (χ2n) is 4.38. The molecule has 1 N–H and O–H groups in total. The minimum atomic E-state index is -0.0813. The second kappa shape index (κ2) is 6.55. The molecule has 0 spiro atoms. The van der Waals surface area contributed by atoms with Crippen LogP contribution in [0.4, 0.5) is 0 Å². The topological polar surface area (TPSA) is 46.5 Å². The molecule has 0 fully saturated rings. The molecule has 2 aromatic carbocycles. The number of aliphatic hydroxyl groups excluding tert-OH is 1. The van der Waals surface area contributed by atoms with Gasteiger partial charge < -0.3 is 9.84 Å². The lowest BCUT2D eigenvalue weighted by molar-refractivity contribution is 0.101. The van der Waals surface area contributed by atoms with Gasteiger partial charge in [0, 0.05) is 18.2 Å². The van der Waals surface area contributed by atoms with Crippen LogP contribution in [0.3, 0.4) is 0 Å². The highest BCUT2D eigenvalue weighted by Gasteiger charge is 2.09. The Balaban J connectivity index is 2.26. The minimum Gasteiger partial charge on any atom is -0.457 e. The maximum Gasteiger partial charge on any atom is 0.161 e. The maximum absolute atomic E-state index is 11.3. The van der Waals surface area contributed by atoms with Gasteiger partial charge >= 0.3 is 0 Å². The summed E-state index contributed by atoms with van der Waals surface area (Å²) in [5.74, 6) is 1.15. The van der Waals surface area contributed by atoms with Gasteiger partial charge in [-0.1, -0.05) is 29.8 Å². The van der Waals surface area contributed by atoms with Crippen molar-refractivity contribution in [2.45, 2.75) is 13.3 Å². The SMILES string of the molecule is CC(=O)c1ccc(Oc2ccccc2CCO)cc1Cl. The van der Waals surface area contributed by atoms with Gasteiger partial charge in [-0.25, -0.2) is 0 Å². The van der Waals surface area contributed by atoms with Crippen molar-refractivity contribution in [2.75, 3.05) is 6.61 Å². The van der Waals surface area contributed by atoms with Gasteiger partial charge in [-0.15, -0.1) is 0 Å². The highest BCUT2D eigenvalue weighted by Crippen LogP contribution is 2.29. The van der Waals surface area contributed by atoms with Crippen molar-refractivity contribution in [1.29, 1.82) is 0 Å². The fraction of sp³-hybridized carbons (Fsp3) is 0.188. The largest absolute Gasteiger partial charge is 0.457 e. The van der Waals surface area contributed by atoms with Crippen LogP contribution in [0.2, 0.25) is 5.02 Å². The van der Waals surface area contributed by atoms with Gasteiger partial charge in [0.05, 0.1) is 5.02 Å². The molecule has 104 valence electrons. The molecule has 2 aromatic rings. The molecule has 0 saturated carbocycles. The molecule has 20 heavy (non-hydrogen) atoms. The van der Waals surface area contributed by atoms with E-state index < -0.39 is 0 Å². The van der Waals surface area contributed by atoms with E-state index in [4.69, 9.17) is 21.4 Å². The molecule has 0 aliphatic rings. The van der Waals surface area contributed by atoms with E-state index in [1.165, 1.54) is 6.92 Å². The average Bonchev–Trinajstić information content (AvgIpc) is 2.41. The van der Waals surface area contributed by atoms with Gasteiger partial charge in [0.15, 0.2) is 5.78 Å². The van der Waals surface area contributed by atoms with Crippen LogP contribution in [0.1, 0.15) is 22.8 Å². The molecule has 3 nitrogen and oxygen atoms in total. The molecule has 0 amide bonds. The quantitative estimate of drug-likeness (QED) is 0.850. The van der Waals surface area contributed by atoms with Gasteiger partial charge in [0.25, 0.3) is 0 Å². The zero-order valence-corrected chi connectivity index (χ0v) is 11.9. The fourth-order valence-electron chi connectivity index (χ4n) is 1.90. The van der Waals surface area contributed by atoms with Crippen LogP contribution in [-0.2, 0) is 6.42 Å². The van der Waals surface area contributed by atoms with Crippen molar-refractivity contribution >= 4 is 17.4 Å². The normalized spacial score (nSPS) is 10.3. The summed E-state index contributed by atoms with van der Waals surface area (Å²) in [4.78, 5) is 11.3. The molecule has 0 heterocycles.